The number of sulfonamides is 1. The van der Waals surface area contributed by atoms with Crippen molar-refractivity contribution < 1.29 is 32.5 Å². The number of fused-ring (bicyclic) bond motifs is 1. The van der Waals surface area contributed by atoms with E-state index in [4.69, 9.17) is 19.9 Å². The van der Waals surface area contributed by atoms with E-state index in [0.29, 0.717) is 12.3 Å². The molecule has 2 aliphatic heterocycles. The number of aliphatic hydroxyl groups is 1. The summed E-state index contributed by atoms with van der Waals surface area (Å²) in [5, 5.41) is 14.1. The van der Waals surface area contributed by atoms with E-state index < -0.39 is 34.4 Å². The van der Waals surface area contributed by atoms with Gasteiger partial charge in [-0.3, -0.25) is 0 Å². The predicted octanol–water partition coefficient (Wildman–Crippen LogP) is 2.38. The smallest absolute Gasteiger partial charge is 0.407 e. The number of nitrogens with two attached hydrogens (primary N) is 1. The van der Waals surface area contributed by atoms with Crippen molar-refractivity contribution in [2.75, 3.05) is 32.0 Å². The fourth-order valence-electron chi connectivity index (χ4n) is 4.82. The molecule has 208 valence electrons. The Kier molecular flexibility index (Phi) is 9.27. The van der Waals surface area contributed by atoms with Crippen LogP contribution in [0.3, 0.4) is 0 Å². The molecule has 0 saturated carbocycles. The lowest BCUT2D eigenvalue weighted by Gasteiger charge is -2.31. The Labute approximate surface area is 224 Å². The summed E-state index contributed by atoms with van der Waals surface area (Å²) in [6.45, 7) is 4.58. The third-order valence-electron chi connectivity index (χ3n) is 6.79. The molecule has 0 aliphatic carbocycles. The highest BCUT2D eigenvalue weighted by Gasteiger charge is 2.44. The molecular formula is C27H37N3O7S. The Morgan fingerprint density at radius 3 is 2.53 bits per heavy atom. The molecule has 11 heteroatoms. The van der Waals surface area contributed by atoms with Crippen LogP contribution in [0.4, 0.5) is 10.5 Å². The second-order valence-electron chi connectivity index (χ2n) is 10.3. The molecular weight excluding hydrogens is 510 g/mol. The number of aliphatic hydroxyl groups excluding tert-OH is 1. The van der Waals surface area contributed by atoms with Crippen molar-refractivity contribution in [3.8, 4) is 0 Å². The number of hydrogen-bond donors (Lipinski definition) is 3. The largest absolute Gasteiger partial charge is 0.443 e. The Morgan fingerprint density at radius 2 is 1.84 bits per heavy atom. The van der Waals surface area contributed by atoms with Crippen molar-refractivity contribution in [3.63, 3.8) is 0 Å². The summed E-state index contributed by atoms with van der Waals surface area (Å²) in [5.41, 5.74) is 7.07. The lowest BCUT2D eigenvalue weighted by molar-refractivity contribution is -0.0907. The van der Waals surface area contributed by atoms with Gasteiger partial charge in [-0.15, -0.1) is 0 Å². The lowest BCUT2D eigenvalue weighted by atomic mass is 10.0. The highest BCUT2D eigenvalue weighted by Crippen LogP contribution is 2.33. The first-order valence-electron chi connectivity index (χ1n) is 12.9. The number of benzene rings is 2. The summed E-state index contributed by atoms with van der Waals surface area (Å²) in [5.74, 6) is -0.0231. The van der Waals surface area contributed by atoms with E-state index in [9.17, 15) is 18.3 Å². The Morgan fingerprint density at radius 1 is 1.13 bits per heavy atom. The predicted molar refractivity (Wildman–Crippen MR) is 142 cm³/mol. The number of carbonyl (C=O) groups excluding carboxylic acids is 1. The van der Waals surface area contributed by atoms with Crippen LogP contribution in [-0.4, -0.2) is 74.8 Å². The summed E-state index contributed by atoms with van der Waals surface area (Å²) >= 11 is 0. The van der Waals surface area contributed by atoms with Gasteiger partial charge >= 0.3 is 6.09 Å². The molecule has 0 aromatic heterocycles. The molecule has 4 N–H and O–H groups in total. The summed E-state index contributed by atoms with van der Waals surface area (Å²) in [4.78, 5) is 13.0. The monoisotopic (exact) mass is 547 g/mol. The number of carbonyl (C=O) groups is 1. The van der Waals surface area contributed by atoms with Crippen LogP contribution in [0.25, 0.3) is 0 Å². The summed E-state index contributed by atoms with van der Waals surface area (Å²) < 4.78 is 44.9. The quantitative estimate of drug-likeness (QED) is 0.364. The van der Waals surface area contributed by atoms with Crippen LogP contribution in [-0.2, 0) is 30.7 Å². The molecule has 0 unspecified atom stereocenters. The Balaban J connectivity index is 1.51. The molecule has 0 bridgehead atoms. The van der Waals surface area contributed by atoms with Gasteiger partial charge in [0.2, 0.25) is 10.0 Å². The first-order valence-corrected chi connectivity index (χ1v) is 14.4. The summed E-state index contributed by atoms with van der Waals surface area (Å²) in [6, 6.07) is 14.5. The Hall–Kier alpha value is -2.70. The minimum absolute atomic E-state index is 0.000183. The van der Waals surface area contributed by atoms with Gasteiger partial charge in [0.05, 0.1) is 36.2 Å². The number of hydrogen-bond acceptors (Lipinski definition) is 8. The average Bonchev–Trinajstić information content (AvgIpc) is 3.49. The van der Waals surface area contributed by atoms with Crippen molar-refractivity contribution in [2.45, 2.75) is 56.1 Å². The molecule has 0 radical (unpaired) electrons. The first kappa shape index (κ1) is 28.3. The van der Waals surface area contributed by atoms with E-state index in [1.165, 1.54) is 28.6 Å². The van der Waals surface area contributed by atoms with Gasteiger partial charge in [-0.1, -0.05) is 44.2 Å². The molecule has 2 aromatic rings. The SMILES string of the molecule is CC(C)CN(C[C@@H](O)[C@H](Cc1ccccc1)NC(=O)O[C@@H]1CO[C@@H]2OCC[C@@H]21)S(=O)(=O)c1ccc(N)cc1. The lowest BCUT2D eigenvalue weighted by Crippen LogP contribution is -2.51. The number of nitrogens with one attached hydrogen (secondary N) is 1. The second-order valence-corrected chi connectivity index (χ2v) is 12.2. The zero-order chi connectivity index (χ0) is 27.3. The maximum Gasteiger partial charge on any atom is 0.407 e. The molecule has 1 amide bonds. The molecule has 2 saturated heterocycles. The number of nitrogen functional groups attached to an aromatic ring is 1. The molecule has 2 fully saturated rings. The second kappa shape index (κ2) is 12.4. The number of amides is 1. The topological polar surface area (TPSA) is 140 Å². The number of ether oxygens (including phenoxy) is 3. The maximum absolute atomic E-state index is 13.5. The van der Waals surface area contributed by atoms with Gasteiger partial charge in [0, 0.05) is 18.8 Å². The first-order chi connectivity index (χ1) is 18.1. The molecule has 0 spiro atoms. The van der Waals surface area contributed by atoms with Crippen molar-refractivity contribution in [1.82, 2.24) is 9.62 Å². The van der Waals surface area contributed by atoms with Crippen LogP contribution in [0.1, 0.15) is 25.8 Å². The molecule has 4 rings (SSSR count). The number of rotatable bonds is 11. The zero-order valence-corrected chi connectivity index (χ0v) is 22.5. The van der Waals surface area contributed by atoms with E-state index in [0.717, 1.165) is 12.0 Å². The van der Waals surface area contributed by atoms with Crippen LogP contribution >= 0.6 is 0 Å². The maximum atomic E-state index is 13.5. The van der Waals surface area contributed by atoms with Crippen molar-refractivity contribution >= 4 is 21.8 Å². The van der Waals surface area contributed by atoms with E-state index in [1.54, 1.807) is 0 Å². The van der Waals surface area contributed by atoms with Crippen molar-refractivity contribution in [2.24, 2.45) is 11.8 Å². The summed E-state index contributed by atoms with van der Waals surface area (Å²) in [7, 11) is -3.93. The van der Waals surface area contributed by atoms with Crippen LogP contribution in [0.5, 0.6) is 0 Å². The fraction of sp³-hybridized carbons (Fsp3) is 0.519. The number of alkyl carbamates (subject to hydrolysis) is 1. The van der Waals surface area contributed by atoms with E-state index in [1.807, 2.05) is 44.2 Å². The number of anilines is 1. The van der Waals surface area contributed by atoms with Crippen molar-refractivity contribution in [1.29, 1.82) is 0 Å². The van der Waals surface area contributed by atoms with Gasteiger partial charge in [-0.2, -0.15) is 4.31 Å². The third kappa shape index (κ3) is 7.03. The highest BCUT2D eigenvalue weighted by molar-refractivity contribution is 7.89. The normalized spacial score (nSPS) is 22.8. The minimum Gasteiger partial charge on any atom is -0.443 e. The highest BCUT2D eigenvalue weighted by atomic mass is 32.2. The Bertz CT molecular complexity index is 1160. The number of nitrogens with zero attached hydrogens (tertiary/aromatic N) is 1. The van der Waals surface area contributed by atoms with Crippen LogP contribution in [0.15, 0.2) is 59.5 Å². The van der Waals surface area contributed by atoms with Crippen LogP contribution in [0, 0.1) is 11.8 Å². The third-order valence-corrected chi connectivity index (χ3v) is 8.63. The zero-order valence-electron chi connectivity index (χ0n) is 21.7. The molecule has 38 heavy (non-hydrogen) atoms. The van der Waals surface area contributed by atoms with Crippen LogP contribution in [0.2, 0.25) is 0 Å². The van der Waals surface area contributed by atoms with Crippen molar-refractivity contribution in [3.05, 3.63) is 60.2 Å². The van der Waals surface area contributed by atoms with Gasteiger partial charge in [0.15, 0.2) is 6.29 Å². The van der Waals surface area contributed by atoms with E-state index in [-0.39, 0.29) is 49.1 Å². The van der Waals surface area contributed by atoms with E-state index >= 15 is 0 Å². The fourth-order valence-corrected chi connectivity index (χ4v) is 6.45. The molecule has 10 nitrogen and oxygen atoms in total. The molecule has 2 aromatic carbocycles. The van der Waals surface area contributed by atoms with Gasteiger partial charge in [-0.05, 0) is 48.6 Å². The molecule has 2 aliphatic rings. The van der Waals surface area contributed by atoms with Gasteiger partial charge in [0.1, 0.15) is 6.10 Å². The summed E-state index contributed by atoms with van der Waals surface area (Å²) in [6.07, 6.45) is -1.69. The van der Waals surface area contributed by atoms with Crippen LogP contribution < -0.4 is 11.1 Å². The van der Waals surface area contributed by atoms with E-state index in [2.05, 4.69) is 5.32 Å². The molecule has 2 heterocycles. The van der Waals surface area contributed by atoms with Gasteiger partial charge in [-0.25, -0.2) is 13.2 Å². The standard InChI is InChI=1S/C27H37N3O7S/c1-18(2)15-30(38(33,34)21-10-8-20(28)9-11-21)16-24(31)23(14-19-6-4-3-5-7-19)29-27(32)37-25-17-36-26-22(25)12-13-35-26/h3-11,18,22-26,31H,12-17,28H2,1-2H3,(H,29,32)/t22-,23+,24-,25-,26+/m1/s1. The molecule has 5 atom stereocenters. The average molecular weight is 548 g/mol. The minimum atomic E-state index is -3.93. The van der Waals surface area contributed by atoms with Gasteiger partial charge in [0.25, 0.3) is 0 Å². The van der Waals surface area contributed by atoms with Gasteiger partial charge < -0.3 is 30.4 Å².